The van der Waals surface area contributed by atoms with Crippen molar-refractivity contribution in [3.05, 3.63) is 64.4 Å². The molecule has 142 valence electrons. The zero-order chi connectivity index (χ0) is 19.4. The Morgan fingerprint density at radius 2 is 1.89 bits per heavy atom. The van der Waals surface area contributed by atoms with E-state index < -0.39 is 0 Å². The number of methoxy groups -OCH3 is 1. The number of carbonyl (C=O) groups is 1. The number of hydrogen-bond acceptors (Lipinski definition) is 4. The Balaban J connectivity index is 1.70. The van der Waals surface area contributed by atoms with Crippen LogP contribution in [-0.4, -0.2) is 38.6 Å². The van der Waals surface area contributed by atoms with Crippen LogP contribution in [0.2, 0.25) is 0 Å². The van der Waals surface area contributed by atoms with Crippen LogP contribution in [0.4, 0.5) is 0 Å². The molecule has 0 spiro atoms. The third kappa shape index (κ3) is 4.49. The van der Waals surface area contributed by atoms with Crippen LogP contribution in [-0.2, 0) is 4.79 Å². The second kappa shape index (κ2) is 8.55. The number of likely N-dealkylation sites (N-methyl/N-ethyl adjacent to an activating group) is 1. The van der Waals surface area contributed by atoms with Gasteiger partial charge in [0.1, 0.15) is 5.75 Å². The van der Waals surface area contributed by atoms with Crippen molar-refractivity contribution in [1.29, 1.82) is 0 Å². The van der Waals surface area contributed by atoms with Crippen molar-refractivity contribution in [2.75, 3.05) is 27.7 Å². The largest absolute Gasteiger partial charge is 0.497 e. The minimum atomic E-state index is -0.206. The van der Waals surface area contributed by atoms with E-state index in [-0.39, 0.29) is 17.9 Å². The molecule has 1 amide bonds. The van der Waals surface area contributed by atoms with Gasteiger partial charge >= 0.3 is 0 Å². The number of carbonyl (C=O) groups excluding carboxylic acids is 1. The predicted molar refractivity (Wildman–Crippen MR) is 113 cm³/mol. The highest BCUT2D eigenvalue weighted by Crippen LogP contribution is 2.26. The molecule has 0 bridgehead atoms. The van der Waals surface area contributed by atoms with Gasteiger partial charge in [-0.2, -0.15) is 0 Å². The lowest BCUT2D eigenvalue weighted by molar-refractivity contribution is -0.122. The summed E-state index contributed by atoms with van der Waals surface area (Å²) in [6.45, 7) is 2.55. The third-order valence-corrected chi connectivity index (χ3v) is 5.90. The van der Waals surface area contributed by atoms with E-state index in [4.69, 9.17) is 4.74 Å². The van der Waals surface area contributed by atoms with E-state index >= 15 is 0 Å². The first-order valence-corrected chi connectivity index (χ1v) is 9.93. The molecule has 5 heteroatoms. The topological polar surface area (TPSA) is 41.6 Å². The molecule has 1 N–H and O–H groups in total. The van der Waals surface area contributed by atoms with Gasteiger partial charge in [0.15, 0.2) is 0 Å². The summed E-state index contributed by atoms with van der Waals surface area (Å²) in [6.07, 6.45) is 0. The molecular weight excluding hydrogens is 356 g/mol. The van der Waals surface area contributed by atoms with E-state index in [0.717, 1.165) is 22.1 Å². The molecule has 3 rings (SSSR count). The molecule has 4 nitrogen and oxygen atoms in total. The molecule has 1 heterocycles. The normalized spacial score (nSPS) is 13.5. The summed E-state index contributed by atoms with van der Waals surface area (Å²) in [5.41, 5.74) is 1.02. The van der Waals surface area contributed by atoms with E-state index in [0.29, 0.717) is 6.54 Å². The van der Waals surface area contributed by atoms with E-state index in [1.165, 1.54) is 4.88 Å². The van der Waals surface area contributed by atoms with E-state index in [2.05, 4.69) is 27.7 Å². The lowest BCUT2D eigenvalue weighted by atomic mass is 9.97. The van der Waals surface area contributed by atoms with Gasteiger partial charge in [0, 0.05) is 11.4 Å². The van der Waals surface area contributed by atoms with Gasteiger partial charge in [-0.05, 0) is 60.9 Å². The van der Waals surface area contributed by atoms with Gasteiger partial charge < -0.3 is 15.0 Å². The minimum Gasteiger partial charge on any atom is -0.497 e. The number of thiophene rings is 1. The summed E-state index contributed by atoms with van der Waals surface area (Å²) < 4.78 is 5.28. The summed E-state index contributed by atoms with van der Waals surface area (Å²) in [5.74, 6) is 0.679. The molecule has 0 saturated carbocycles. The lowest BCUT2D eigenvalue weighted by Gasteiger charge is -2.24. The maximum Gasteiger partial charge on any atom is 0.227 e. The van der Waals surface area contributed by atoms with Crippen molar-refractivity contribution in [3.8, 4) is 5.75 Å². The zero-order valence-corrected chi connectivity index (χ0v) is 17.0. The molecule has 1 unspecified atom stereocenters. The molecule has 2 aromatic carbocycles. The van der Waals surface area contributed by atoms with Gasteiger partial charge in [0.2, 0.25) is 5.91 Å². The molecule has 2 atom stereocenters. The summed E-state index contributed by atoms with van der Waals surface area (Å²) >= 11 is 1.72. The molecular formula is C22H26N2O2S. The highest BCUT2D eigenvalue weighted by molar-refractivity contribution is 7.10. The van der Waals surface area contributed by atoms with Crippen LogP contribution in [0.3, 0.4) is 0 Å². The Labute approximate surface area is 164 Å². The van der Waals surface area contributed by atoms with Gasteiger partial charge in [-0.15, -0.1) is 11.3 Å². The van der Waals surface area contributed by atoms with Crippen LogP contribution < -0.4 is 10.1 Å². The van der Waals surface area contributed by atoms with Gasteiger partial charge in [0.05, 0.1) is 19.1 Å². The summed E-state index contributed by atoms with van der Waals surface area (Å²) in [5, 5.41) is 7.41. The van der Waals surface area contributed by atoms with Crippen LogP contribution in [0.5, 0.6) is 5.75 Å². The lowest BCUT2D eigenvalue weighted by Crippen LogP contribution is -2.36. The van der Waals surface area contributed by atoms with Crippen LogP contribution in [0, 0.1) is 0 Å². The van der Waals surface area contributed by atoms with Gasteiger partial charge in [0.25, 0.3) is 0 Å². The SMILES string of the molecule is COc1ccc2cc([C@H](C)C(=O)NCC(c3cccs3)N(C)C)ccc2c1. The molecule has 0 aliphatic carbocycles. The first-order chi connectivity index (χ1) is 13.0. The molecule has 0 fully saturated rings. The van der Waals surface area contributed by atoms with Crippen LogP contribution in [0.25, 0.3) is 10.8 Å². The van der Waals surface area contributed by atoms with Crippen LogP contribution >= 0.6 is 11.3 Å². The molecule has 0 radical (unpaired) electrons. The summed E-state index contributed by atoms with van der Waals surface area (Å²) in [4.78, 5) is 16.1. The number of ether oxygens (including phenoxy) is 1. The quantitative estimate of drug-likeness (QED) is 0.657. The van der Waals surface area contributed by atoms with Gasteiger partial charge in [-0.25, -0.2) is 0 Å². The third-order valence-electron chi connectivity index (χ3n) is 4.93. The van der Waals surface area contributed by atoms with Crippen molar-refractivity contribution in [2.45, 2.75) is 18.9 Å². The van der Waals surface area contributed by atoms with Crippen molar-refractivity contribution in [3.63, 3.8) is 0 Å². The Morgan fingerprint density at radius 1 is 1.15 bits per heavy atom. The number of hydrogen-bond donors (Lipinski definition) is 1. The van der Waals surface area contributed by atoms with Gasteiger partial charge in [-0.1, -0.05) is 30.3 Å². The van der Waals surface area contributed by atoms with E-state index in [1.54, 1.807) is 18.4 Å². The number of amides is 1. The number of benzene rings is 2. The molecule has 3 aromatic rings. The van der Waals surface area contributed by atoms with Crippen LogP contribution in [0.15, 0.2) is 53.9 Å². The Kier molecular flexibility index (Phi) is 6.14. The fourth-order valence-corrected chi connectivity index (χ4v) is 4.08. The Hall–Kier alpha value is -2.37. The van der Waals surface area contributed by atoms with Crippen molar-refractivity contribution in [2.24, 2.45) is 0 Å². The zero-order valence-electron chi connectivity index (χ0n) is 16.2. The highest BCUT2D eigenvalue weighted by Gasteiger charge is 2.20. The van der Waals surface area contributed by atoms with Crippen LogP contribution in [0.1, 0.15) is 29.3 Å². The average molecular weight is 383 g/mol. The molecule has 0 aliphatic heterocycles. The Bertz CT molecular complexity index is 906. The predicted octanol–water partition coefficient (Wildman–Crippen LogP) is 4.43. The van der Waals surface area contributed by atoms with E-state index in [9.17, 15) is 4.79 Å². The smallest absolute Gasteiger partial charge is 0.227 e. The maximum atomic E-state index is 12.7. The first-order valence-electron chi connectivity index (χ1n) is 9.05. The summed E-state index contributed by atoms with van der Waals surface area (Å²) in [7, 11) is 5.74. The fourth-order valence-electron chi connectivity index (χ4n) is 3.16. The average Bonchev–Trinajstić information content (AvgIpc) is 3.20. The number of fused-ring (bicyclic) bond motifs is 1. The van der Waals surface area contributed by atoms with Crippen molar-refractivity contribution >= 4 is 28.0 Å². The highest BCUT2D eigenvalue weighted by atomic mass is 32.1. The van der Waals surface area contributed by atoms with Gasteiger partial charge in [-0.3, -0.25) is 4.79 Å². The molecule has 27 heavy (non-hydrogen) atoms. The molecule has 0 saturated heterocycles. The standard InChI is InChI=1S/C22H26N2O2S/c1-15(16-7-8-18-13-19(26-4)10-9-17(18)12-16)22(25)23-14-20(24(2)3)21-6-5-11-27-21/h5-13,15,20H,14H2,1-4H3,(H,23,25)/t15-,20?/m0/s1. The van der Waals surface area contributed by atoms with Crippen molar-refractivity contribution < 1.29 is 9.53 Å². The number of rotatable bonds is 7. The minimum absolute atomic E-state index is 0.0475. The first kappa shape index (κ1) is 19.4. The fraction of sp³-hybridized carbons (Fsp3) is 0.318. The second-order valence-electron chi connectivity index (χ2n) is 6.93. The van der Waals surface area contributed by atoms with E-state index in [1.807, 2.05) is 57.4 Å². The second-order valence-corrected chi connectivity index (χ2v) is 7.91. The monoisotopic (exact) mass is 382 g/mol. The summed E-state index contributed by atoms with van der Waals surface area (Å²) in [6, 6.07) is 16.5. The molecule has 1 aromatic heterocycles. The molecule has 0 aliphatic rings. The maximum absolute atomic E-state index is 12.7. The van der Waals surface area contributed by atoms with Crippen molar-refractivity contribution in [1.82, 2.24) is 10.2 Å². The Morgan fingerprint density at radius 3 is 2.56 bits per heavy atom. The number of nitrogens with zero attached hydrogens (tertiary/aromatic N) is 1. The number of nitrogens with one attached hydrogen (secondary N) is 1.